The van der Waals surface area contributed by atoms with E-state index in [0.29, 0.717) is 24.4 Å². The van der Waals surface area contributed by atoms with Crippen molar-refractivity contribution in [2.24, 2.45) is 12.0 Å². The van der Waals surface area contributed by atoms with Gasteiger partial charge in [0.05, 0.1) is 18.1 Å². The third-order valence-electron chi connectivity index (χ3n) is 5.67. The Balaban J connectivity index is 1.38. The van der Waals surface area contributed by atoms with E-state index in [4.69, 9.17) is 0 Å². The summed E-state index contributed by atoms with van der Waals surface area (Å²) in [5.41, 5.74) is 0.809. The SMILES string of the molecule is C[C@@H]1CNC(=O)c2cc3ccc(C(=O)Nc4cn(C)c(C(=O)NC5(C)C=NC5)n4)nc3n21. The minimum Gasteiger partial charge on any atom is -0.349 e. The summed E-state index contributed by atoms with van der Waals surface area (Å²) >= 11 is 0. The second kappa shape index (κ2) is 7.01. The van der Waals surface area contributed by atoms with Crippen LogP contribution in [0.2, 0.25) is 0 Å². The molecular formula is C21H22N8O3. The fourth-order valence-electron chi connectivity index (χ4n) is 3.94. The van der Waals surface area contributed by atoms with Gasteiger partial charge in [-0.2, -0.15) is 0 Å². The van der Waals surface area contributed by atoms with Crippen molar-refractivity contribution >= 4 is 40.8 Å². The number of anilines is 1. The topological polar surface area (TPSA) is 135 Å². The van der Waals surface area contributed by atoms with Gasteiger partial charge in [0, 0.05) is 31.4 Å². The second-order valence-corrected chi connectivity index (χ2v) is 8.42. The summed E-state index contributed by atoms with van der Waals surface area (Å²) < 4.78 is 3.39. The molecule has 0 bridgehead atoms. The molecule has 1 unspecified atom stereocenters. The van der Waals surface area contributed by atoms with E-state index in [0.717, 1.165) is 5.39 Å². The molecule has 2 aliphatic heterocycles. The van der Waals surface area contributed by atoms with E-state index >= 15 is 0 Å². The first-order valence-corrected chi connectivity index (χ1v) is 10.2. The summed E-state index contributed by atoms with van der Waals surface area (Å²) in [6, 6.07) is 5.15. The van der Waals surface area contributed by atoms with Gasteiger partial charge < -0.3 is 25.1 Å². The van der Waals surface area contributed by atoms with Crippen molar-refractivity contribution in [3.8, 4) is 0 Å². The predicted octanol–water partition coefficient (Wildman–Crippen LogP) is 0.899. The van der Waals surface area contributed by atoms with Crippen molar-refractivity contribution in [2.45, 2.75) is 25.4 Å². The molecule has 2 atom stereocenters. The maximum atomic E-state index is 12.8. The molecule has 0 radical (unpaired) electrons. The molecule has 0 saturated carbocycles. The molecule has 0 fully saturated rings. The summed E-state index contributed by atoms with van der Waals surface area (Å²) in [6.07, 6.45) is 3.25. The van der Waals surface area contributed by atoms with Gasteiger partial charge in [-0.05, 0) is 32.0 Å². The molecule has 2 aliphatic rings. The van der Waals surface area contributed by atoms with E-state index in [1.807, 2.05) is 18.4 Å². The van der Waals surface area contributed by atoms with Gasteiger partial charge in [-0.3, -0.25) is 19.4 Å². The Labute approximate surface area is 182 Å². The lowest BCUT2D eigenvalue weighted by Crippen LogP contribution is -2.54. The van der Waals surface area contributed by atoms with Crippen LogP contribution in [-0.4, -0.2) is 61.7 Å². The van der Waals surface area contributed by atoms with E-state index in [1.165, 1.54) is 0 Å². The second-order valence-electron chi connectivity index (χ2n) is 8.42. The number of nitrogens with zero attached hydrogens (tertiary/aromatic N) is 5. The Morgan fingerprint density at radius 3 is 2.75 bits per heavy atom. The number of hydrogen-bond donors (Lipinski definition) is 3. The zero-order chi connectivity index (χ0) is 22.6. The van der Waals surface area contributed by atoms with E-state index in [1.54, 1.807) is 42.2 Å². The number of fused-ring (bicyclic) bond motifs is 3. The first-order valence-electron chi connectivity index (χ1n) is 10.2. The number of amides is 3. The lowest BCUT2D eigenvalue weighted by Gasteiger charge is -2.30. The molecule has 0 spiro atoms. The first-order chi connectivity index (χ1) is 15.2. The van der Waals surface area contributed by atoms with Crippen LogP contribution < -0.4 is 16.0 Å². The summed E-state index contributed by atoms with van der Waals surface area (Å²) in [5.74, 6) is -0.562. The summed E-state index contributed by atoms with van der Waals surface area (Å²) in [5, 5.41) is 9.19. The number of hydrogen-bond acceptors (Lipinski definition) is 6. The Morgan fingerprint density at radius 2 is 2.03 bits per heavy atom. The molecule has 32 heavy (non-hydrogen) atoms. The van der Waals surface area contributed by atoms with Crippen LogP contribution in [0, 0.1) is 0 Å². The van der Waals surface area contributed by atoms with Gasteiger partial charge in [0.25, 0.3) is 17.7 Å². The maximum Gasteiger partial charge on any atom is 0.288 e. The third kappa shape index (κ3) is 3.22. The van der Waals surface area contributed by atoms with Crippen LogP contribution in [0.25, 0.3) is 11.0 Å². The summed E-state index contributed by atoms with van der Waals surface area (Å²) in [4.78, 5) is 50.3. The van der Waals surface area contributed by atoms with Crippen molar-refractivity contribution in [2.75, 3.05) is 18.4 Å². The molecule has 11 heteroatoms. The number of pyridine rings is 1. The lowest BCUT2D eigenvalue weighted by atomic mass is 10.00. The molecule has 3 aromatic rings. The van der Waals surface area contributed by atoms with Crippen LogP contribution in [-0.2, 0) is 7.05 Å². The van der Waals surface area contributed by atoms with Crippen LogP contribution >= 0.6 is 0 Å². The van der Waals surface area contributed by atoms with Crippen molar-refractivity contribution in [3.63, 3.8) is 0 Å². The summed E-state index contributed by atoms with van der Waals surface area (Å²) in [7, 11) is 1.68. The highest BCUT2D eigenvalue weighted by Crippen LogP contribution is 2.25. The minimum absolute atomic E-state index is 0.0189. The van der Waals surface area contributed by atoms with Gasteiger partial charge in [0.15, 0.2) is 5.82 Å². The van der Waals surface area contributed by atoms with Crippen LogP contribution in [0.5, 0.6) is 0 Å². The molecule has 3 N–H and O–H groups in total. The molecule has 5 rings (SSSR count). The Bertz CT molecular complexity index is 1320. The van der Waals surface area contributed by atoms with Crippen molar-refractivity contribution in [3.05, 3.63) is 41.6 Å². The number of aryl methyl sites for hydroxylation is 1. The summed E-state index contributed by atoms with van der Waals surface area (Å²) in [6.45, 7) is 4.87. The van der Waals surface area contributed by atoms with Gasteiger partial charge in [-0.15, -0.1) is 0 Å². The van der Waals surface area contributed by atoms with E-state index in [9.17, 15) is 14.4 Å². The molecule has 5 heterocycles. The first kappa shape index (κ1) is 19.9. The zero-order valence-corrected chi connectivity index (χ0v) is 17.8. The average molecular weight is 434 g/mol. The zero-order valence-electron chi connectivity index (χ0n) is 17.8. The third-order valence-corrected chi connectivity index (χ3v) is 5.67. The Morgan fingerprint density at radius 1 is 1.25 bits per heavy atom. The monoisotopic (exact) mass is 434 g/mol. The van der Waals surface area contributed by atoms with E-state index in [2.05, 4.69) is 30.9 Å². The molecule has 3 amide bonds. The van der Waals surface area contributed by atoms with Gasteiger partial charge in [-0.25, -0.2) is 9.97 Å². The number of carbonyl (C=O) groups is 3. The van der Waals surface area contributed by atoms with Gasteiger partial charge in [0.1, 0.15) is 17.0 Å². The fraction of sp³-hybridized carbons (Fsp3) is 0.333. The molecule has 3 aromatic heterocycles. The Hall–Kier alpha value is -4.02. The number of carbonyl (C=O) groups excluding carboxylic acids is 3. The molecule has 0 aromatic carbocycles. The molecule has 0 aliphatic carbocycles. The highest BCUT2D eigenvalue weighted by atomic mass is 16.2. The standard InChI is InChI=1S/C21H22N8O3/c1-11-7-23-19(31)14-6-12-4-5-13(24-16(12)29(11)14)18(30)26-15-8-28(3)17(25-15)20(32)27-21(2)9-22-10-21/h4-6,8-9,11H,7,10H2,1-3H3,(H,23,31)(H,26,30)(H,27,32)/t11-,21?/m1/s1. The normalized spacial score (nSPS) is 21.6. The van der Waals surface area contributed by atoms with Crippen LogP contribution in [0.3, 0.4) is 0 Å². The number of aromatic nitrogens is 4. The fourth-order valence-corrected chi connectivity index (χ4v) is 3.94. The highest BCUT2D eigenvalue weighted by Gasteiger charge is 2.31. The van der Waals surface area contributed by atoms with Crippen LogP contribution in [0.4, 0.5) is 5.82 Å². The number of aliphatic imine (C=N–C) groups is 1. The van der Waals surface area contributed by atoms with Crippen molar-refractivity contribution in [1.82, 2.24) is 29.7 Å². The van der Waals surface area contributed by atoms with Gasteiger partial charge in [0.2, 0.25) is 5.82 Å². The minimum atomic E-state index is -0.476. The maximum absolute atomic E-state index is 12.8. The quantitative estimate of drug-likeness (QED) is 0.561. The molecule has 11 nitrogen and oxygen atoms in total. The molecular weight excluding hydrogens is 412 g/mol. The van der Waals surface area contributed by atoms with Crippen molar-refractivity contribution < 1.29 is 14.4 Å². The van der Waals surface area contributed by atoms with E-state index in [-0.39, 0.29) is 35.2 Å². The predicted molar refractivity (Wildman–Crippen MR) is 117 cm³/mol. The Kier molecular flexibility index (Phi) is 4.36. The van der Waals surface area contributed by atoms with Crippen LogP contribution in [0.15, 0.2) is 29.4 Å². The number of nitrogens with one attached hydrogen (secondary N) is 3. The van der Waals surface area contributed by atoms with Gasteiger partial charge >= 0.3 is 0 Å². The average Bonchev–Trinajstić information content (AvgIpc) is 3.30. The van der Waals surface area contributed by atoms with E-state index < -0.39 is 11.4 Å². The molecule has 0 saturated heterocycles. The number of imidazole rings is 1. The lowest BCUT2D eigenvalue weighted by molar-refractivity contribution is 0.0907. The number of rotatable bonds is 4. The largest absolute Gasteiger partial charge is 0.349 e. The van der Waals surface area contributed by atoms with Gasteiger partial charge in [-0.1, -0.05) is 0 Å². The molecule has 164 valence electrons. The smallest absolute Gasteiger partial charge is 0.288 e. The van der Waals surface area contributed by atoms with Crippen molar-refractivity contribution in [1.29, 1.82) is 0 Å². The van der Waals surface area contributed by atoms with Crippen LogP contribution in [0.1, 0.15) is 51.5 Å². The highest BCUT2D eigenvalue weighted by molar-refractivity contribution is 6.05.